The minimum atomic E-state index is -2.63. The zero-order valence-electron chi connectivity index (χ0n) is 13.3. The molecule has 0 radical (unpaired) electrons. The van der Waals surface area contributed by atoms with Gasteiger partial charge in [0.2, 0.25) is 5.91 Å². The Morgan fingerprint density at radius 1 is 1.39 bits per heavy atom. The van der Waals surface area contributed by atoms with E-state index in [1.807, 2.05) is 6.92 Å². The summed E-state index contributed by atoms with van der Waals surface area (Å²) in [6, 6.07) is 1.41. The van der Waals surface area contributed by atoms with E-state index in [9.17, 15) is 13.6 Å². The van der Waals surface area contributed by atoms with E-state index in [1.54, 1.807) is 18.7 Å². The van der Waals surface area contributed by atoms with Crippen molar-refractivity contribution in [2.24, 2.45) is 7.05 Å². The highest BCUT2D eigenvalue weighted by Gasteiger charge is 2.30. The number of aromatic nitrogens is 4. The molecule has 1 fully saturated rings. The Bertz CT molecular complexity index is 745. The quantitative estimate of drug-likeness (QED) is 0.920. The molecule has 0 saturated heterocycles. The van der Waals surface area contributed by atoms with Crippen LogP contribution in [0.1, 0.15) is 48.0 Å². The van der Waals surface area contributed by atoms with E-state index in [4.69, 9.17) is 0 Å². The fourth-order valence-electron chi connectivity index (χ4n) is 2.66. The van der Waals surface area contributed by atoms with Gasteiger partial charge in [-0.2, -0.15) is 10.2 Å². The Morgan fingerprint density at radius 3 is 2.61 bits per heavy atom. The molecule has 2 aromatic rings. The summed E-state index contributed by atoms with van der Waals surface area (Å²) in [7, 11) is 1.80. The van der Waals surface area contributed by atoms with Gasteiger partial charge in [-0.3, -0.25) is 14.2 Å². The average molecular weight is 323 g/mol. The monoisotopic (exact) mass is 323 g/mol. The van der Waals surface area contributed by atoms with Crippen molar-refractivity contribution in [3.05, 3.63) is 28.8 Å². The van der Waals surface area contributed by atoms with Crippen molar-refractivity contribution < 1.29 is 13.6 Å². The van der Waals surface area contributed by atoms with Crippen molar-refractivity contribution in [3.63, 3.8) is 0 Å². The number of amides is 1. The summed E-state index contributed by atoms with van der Waals surface area (Å²) in [5.74, 6) is -0.0559. The van der Waals surface area contributed by atoms with E-state index in [0.29, 0.717) is 5.69 Å². The van der Waals surface area contributed by atoms with Crippen LogP contribution in [0.4, 0.5) is 14.5 Å². The van der Waals surface area contributed by atoms with Crippen molar-refractivity contribution in [3.8, 4) is 0 Å². The van der Waals surface area contributed by atoms with Gasteiger partial charge in [0, 0.05) is 18.7 Å². The Hall–Kier alpha value is -2.25. The number of carbonyl (C=O) groups excluding carboxylic acids is 1. The molecule has 23 heavy (non-hydrogen) atoms. The lowest BCUT2D eigenvalue weighted by Gasteiger charge is -2.08. The first-order chi connectivity index (χ1) is 10.9. The summed E-state index contributed by atoms with van der Waals surface area (Å²) in [6.45, 7) is 3.58. The SMILES string of the molecule is Cc1nn(C)c(C)c1NC(=O)Cn1nc(C(F)F)cc1C1CC1. The van der Waals surface area contributed by atoms with Crippen LogP contribution in [0.5, 0.6) is 0 Å². The van der Waals surface area contributed by atoms with Crippen molar-refractivity contribution in [1.82, 2.24) is 19.6 Å². The lowest BCUT2D eigenvalue weighted by Crippen LogP contribution is -2.21. The average Bonchev–Trinajstić information content (AvgIpc) is 3.19. The number of nitrogens with zero attached hydrogens (tertiary/aromatic N) is 4. The second-order valence-electron chi connectivity index (χ2n) is 5.94. The van der Waals surface area contributed by atoms with Crippen LogP contribution in [0.25, 0.3) is 0 Å². The molecule has 0 bridgehead atoms. The van der Waals surface area contributed by atoms with Gasteiger partial charge in [0.25, 0.3) is 6.43 Å². The molecule has 2 heterocycles. The molecule has 6 nitrogen and oxygen atoms in total. The number of aryl methyl sites for hydroxylation is 2. The standard InChI is InChI=1S/C15H19F2N5O/c1-8-14(9(2)21(3)19-8)18-13(23)7-22-12(10-4-5-10)6-11(20-22)15(16)17/h6,10,15H,4-5,7H2,1-3H3,(H,18,23). The number of hydrogen-bond donors (Lipinski definition) is 1. The normalized spacial score (nSPS) is 14.5. The zero-order chi connectivity index (χ0) is 16.7. The van der Waals surface area contributed by atoms with Gasteiger partial charge in [-0.15, -0.1) is 0 Å². The van der Waals surface area contributed by atoms with E-state index in [0.717, 1.165) is 29.9 Å². The highest BCUT2D eigenvalue weighted by Crippen LogP contribution is 2.41. The zero-order valence-corrected chi connectivity index (χ0v) is 13.3. The van der Waals surface area contributed by atoms with Gasteiger partial charge in [-0.1, -0.05) is 0 Å². The summed E-state index contributed by atoms with van der Waals surface area (Å²) in [6.07, 6.45) is -0.715. The van der Waals surface area contributed by atoms with E-state index in [2.05, 4.69) is 15.5 Å². The Morgan fingerprint density at radius 2 is 2.09 bits per heavy atom. The van der Waals surface area contributed by atoms with Crippen LogP contribution in [0, 0.1) is 13.8 Å². The summed E-state index contributed by atoms with van der Waals surface area (Å²) in [5, 5.41) is 10.9. The molecule has 3 rings (SSSR count). The van der Waals surface area contributed by atoms with Crippen LogP contribution in [0.15, 0.2) is 6.07 Å². The molecule has 1 saturated carbocycles. The fourth-order valence-corrected chi connectivity index (χ4v) is 2.66. The highest BCUT2D eigenvalue weighted by atomic mass is 19.3. The van der Waals surface area contributed by atoms with Gasteiger partial charge in [0.15, 0.2) is 0 Å². The topological polar surface area (TPSA) is 64.7 Å². The summed E-state index contributed by atoms with van der Waals surface area (Å²) in [5.41, 5.74) is 2.66. The Balaban J connectivity index is 1.77. The minimum absolute atomic E-state index is 0.0771. The van der Waals surface area contributed by atoms with Gasteiger partial charge >= 0.3 is 0 Å². The van der Waals surface area contributed by atoms with E-state index in [-0.39, 0.29) is 24.1 Å². The summed E-state index contributed by atoms with van der Waals surface area (Å²) < 4.78 is 28.8. The van der Waals surface area contributed by atoms with Crippen LogP contribution < -0.4 is 5.32 Å². The molecule has 1 N–H and O–H groups in total. The maximum absolute atomic E-state index is 12.8. The predicted molar refractivity (Wildman–Crippen MR) is 80.5 cm³/mol. The lowest BCUT2D eigenvalue weighted by molar-refractivity contribution is -0.117. The number of rotatable bonds is 5. The smallest absolute Gasteiger partial charge is 0.282 e. The molecule has 1 aliphatic carbocycles. The first kappa shape index (κ1) is 15.6. The molecule has 2 aromatic heterocycles. The molecule has 1 amide bonds. The second kappa shape index (κ2) is 5.75. The number of alkyl halides is 2. The predicted octanol–water partition coefficient (Wildman–Crippen LogP) is 2.69. The number of hydrogen-bond acceptors (Lipinski definition) is 3. The molecule has 0 atom stereocenters. The van der Waals surface area contributed by atoms with Crippen molar-refractivity contribution in [2.45, 2.75) is 45.6 Å². The third-order valence-electron chi connectivity index (χ3n) is 4.12. The third-order valence-corrected chi connectivity index (χ3v) is 4.12. The van der Waals surface area contributed by atoms with Crippen molar-refractivity contribution in [2.75, 3.05) is 5.32 Å². The fraction of sp³-hybridized carbons (Fsp3) is 0.533. The largest absolute Gasteiger partial charge is 0.321 e. The van der Waals surface area contributed by atoms with Crippen LogP contribution in [0.3, 0.4) is 0 Å². The van der Waals surface area contributed by atoms with E-state index in [1.165, 1.54) is 10.7 Å². The first-order valence-corrected chi connectivity index (χ1v) is 7.52. The Kier molecular flexibility index (Phi) is 3.91. The van der Waals surface area contributed by atoms with Gasteiger partial charge in [-0.05, 0) is 32.8 Å². The molecular weight excluding hydrogens is 304 g/mol. The lowest BCUT2D eigenvalue weighted by atomic mass is 10.2. The van der Waals surface area contributed by atoms with Crippen molar-refractivity contribution >= 4 is 11.6 Å². The van der Waals surface area contributed by atoms with Gasteiger partial charge < -0.3 is 5.32 Å². The molecule has 0 aromatic carbocycles. The maximum Gasteiger partial charge on any atom is 0.282 e. The van der Waals surface area contributed by atoms with Gasteiger partial charge in [-0.25, -0.2) is 8.78 Å². The molecule has 1 aliphatic rings. The highest BCUT2D eigenvalue weighted by molar-refractivity contribution is 5.91. The molecule has 124 valence electrons. The van der Waals surface area contributed by atoms with Crippen molar-refractivity contribution in [1.29, 1.82) is 0 Å². The van der Waals surface area contributed by atoms with E-state index < -0.39 is 6.43 Å². The molecule has 0 unspecified atom stereocenters. The molecule has 8 heteroatoms. The number of nitrogens with one attached hydrogen (secondary N) is 1. The number of anilines is 1. The van der Waals surface area contributed by atoms with Crippen LogP contribution >= 0.6 is 0 Å². The molecular formula is C15H19F2N5O. The number of carbonyl (C=O) groups is 1. The first-order valence-electron chi connectivity index (χ1n) is 7.52. The molecule has 0 spiro atoms. The van der Waals surface area contributed by atoms with Gasteiger partial charge in [0.1, 0.15) is 12.2 Å². The van der Waals surface area contributed by atoms with Crippen LogP contribution in [-0.2, 0) is 18.4 Å². The maximum atomic E-state index is 12.8. The number of halogens is 2. The summed E-state index contributed by atoms with van der Waals surface area (Å²) >= 11 is 0. The van der Waals surface area contributed by atoms with Crippen LogP contribution in [0.2, 0.25) is 0 Å². The van der Waals surface area contributed by atoms with Crippen LogP contribution in [-0.4, -0.2) is 25.5 Å². The molecule has 0 aliphatic heterocycles. The Labute approximate surface area is 132 Å². The minimum Gasteiger partial charge on any atom is -0.321 e. The summed E-state index contributed by atoms with van der Waals surface area (Å²) in [4.78, 5) is 12.3. The van der Waals surface area contributed by atoms with Gasteiger partial charge in [0.05, 0.1) is 17.1 Å². The second-order valence-corrected chi connectivity index (χ2v) is 5.94. The van der Waals surface area contributed by atoms with E-state index >= 15 is 0 Å². The third kappa shape index (κ3) is 3.11.